The molecule has 5 rings (SSSR count). The van der Waals surface area contributed by atoms with E-state index in [0.29, 0.717) is 26.4 Å². The summed E-state index contributed by atoms with van der Waals surface area (Å²) < 4.78 is 22.6. The third kappa shape index (κ3) is 5.28. The Morgan fingerprint density at radius 2 is 0.923 bits per heavy atom. The van der Waals surface area contributed by atoms with Gasteiger partial charge in [-0.15, -0.1) is 0 Å². The van der Waals surface area contributed by atoms with Crippen LogP contribution in [0.15, 0.2) is 122 Å². The molecule has 4 nitrogen and oxygen atoms in total. The fourth-order valence-corrected chi connectivity index (χ4v) is 5.37. The van der Waals surface area contributed by atoms with Crippen LogP contribution in [0.5, 0.6) is 11.5 Å². The molecule has 0 radical (unpaired) electrons. The Morgan fingerprint density at radius 1 is 0.513 bits per heavy atom. The van der Waals surface area contributed by atoms with Gasteiger partial charge in [0.2, 0.25) is 0 Å². The lowest BCUT2D eigenvalue weighted by atomic mass is 9.68. The predicted molar refractivity (Wildman–Crippen MR) is 156 cm³/mol. The Bertz CT molecular complexity index is 1310. The average Bonchev–Trinajstić information content (AvgIpc) is 3.29. The van der Waals surface area contributed by atoms with E-state index in [4.69, 9.17) is 18.9 Å². The first-order valence-corrected chi connectivity index (χ1v) is 13.4. The molecule has 4 aromatic carbocycles. The normalized spacial score (nSPS) is 13.3. The van der Waals surface area contributed by atoms with Crippen LogP contribution in [-0.4, -0.2) is 26.4 Å². The van der Waals surface area contributed by atoms with Crippen LogP contribution in [0.25, 0.3) is 11.1 Å². The molecule has 198 valence electrons. The van der Waals surface area contributed by atoms with E-state index in [-0.39, 0.29) is 0 Å². The van der Waals surface area contributed by atoms with Crippen molar-refractivity contribution >= 4 is 0 Å². The largest absolute Gasteiger partial charge is 0.498 e. The van der Waals surface area contributed by atoms with E-state index in [9.17, 15) is 0 Å². The fourth-order valence-electron chi connectivity index (χ4n) is 5.37. The Labute approximate surface area is 231 Å². The van der Waals surface area contributed by atoms with Gasteiger partial charge < -0.3 is 18.9 Å². The highest BCUT2D eigenvalue weighted by atomic mass is 16.5. The molecule has 0 atom stereocenters. The maximum atomic E-state index is 5.94. The van der Waals surface area contributed by atoms with Gasteiger partial charge in [-0.05, 0) is 71.5 Å². The average molecular weight is 519 g/mol. The molecule has 0 amide bonds. The van der Waals surface area contributed by atoms with Crippen LogP contribution < -0.4 is 9.47 Å². The molecule has 0 fully saturated rings. The minimum atomic E-state index is -0.464. The Kier molecular flexibility index (Phi) is 8.33. The van der Waals surface area contributed by atoms with Gasteiger partial charge in [0, 0.05) is 0 Å². The maximum absolute atomic E-state index is 5.94. The standard InChI is InChI=1S/C35H34O4/c1-3-21-36-23-25-38-29-17-13-27(14-18-29)35(28-15-19-30(20-16-28)39-26-24-37-22-4-2)33-11-7-5-9-31(33)32-10-6-8-12-34(32)35/h3-22H,23-26H2,1-2H3. The summed E-state index contributed by atoms with van der Waals surface area (Å²) in [6, 6.07) is 34.4. The summed E-state index contributed by atoms with van der Waals surface area (Å²) in [7, 11) is 0. The van der Waals surface area contributed by atoms with Gasteiger partial charge in [-0.2, -0.15) is 0 Å². The van der Waals surface area contributed by atoms with Gasteiger partial charge in [0.1, 0.15) is 37.9 Å². The van der Waals surface area contributed by atoms with Crippen LogP contribution >= 0.6 is 0 Å². The van der Waals surface area contributed by atoms with Gasteiger partial charge in [0.15, 0.2) is 0 Å². The van der Waals surface area contributed by atoms with Crippen LogP contribution in [0.3, 0.4) is 0 Å². The van der Waals surface area contributed by atoms with Crippen molar-refractivity contribution in [2.75, 3.05) is 26.4 Å². The second-order valence-corrected chi connectivity index (χ2v) is 9.27. The molecule has 1 aliphatic carbocycles. The summed E-state index contributed by atoms with van der Waals surface area (Å²) in [5.74, 6) is 1.64. The summed E-state index contributed by atoms with van der Waals surface area (Å²) in [6.45, 7) is 5.84. The van der Waals surface area contributed by atoms with Crippen molar-refractivity contribution < 1.29 is 18.9 Å². The molecular weight excluding hydrogens is 484 g/mol. The molecule has 4 aromatic rings. The van der Waals surface area contributed by atoms with E-state index in [1.165, 1.54) is 33.4 Å². The Balaban J connectivity index is 1.51. The van der Waals surface area contributed by atoms with Gasteiger partial charge in [-0.3, -0.25) is 0 Å². The zero-order chi connectivity index (χ0) is 26.9. The summed E-state index contributed by atoms with van der Waals surface area (Å²) in [6.07, 6.45) is 7.09. The number of fused-ring (bicyclic) bond motifs is 3. The Hall–Kier alpha value is -4.44. The Morgan fingerprint density at radius 3 is 1.33 bits per heavy atom. The van der Waals surface area contributed by atoms with Crippen molar-refractivity contribution in [3.05, 3.63) is 144 Å². The molecule has 0 N–H and O–H groups in total. The number of hydrogen-bond donors (Lipinski definition) is 0. The number of hydrogen-bond acceptors (Lipinski definition) is 4. The van der Waals surface area contributed by atoms with Crippen LogP contribution in [0, 0.1) is 0 Å². The van der Waals surface area contributed by atoms with Crippen molar-refractivity contribution in [2.24, 2.45) is 0 Å². The van der Waals surface area contributed by atoms with Crippen LogP contribution in [0.1, 0.15) is 36.1 Å². The number of benzene rings is 4. The molecule has 39 heavy (non-hydrogen) atoms. The SMILES string of the molecule is CC=COCCOc1ccc(C2(c3ccc(OCCOC=CC)cc3)c3ccccc3-c3ccccc32)cc1. The molecule has 0 saturated carbocycles. The first-order chi connectivity index (χ1) is 19.3. The third-order valence-electron chi connectivity index (χ3n) is 6.93. The molecule has 0 aliphatic heterocycles. The van der Waals surface area contributed by atoms with E-state index in [1.807, 2.05) is 26.0 Å². The van der Waals surface area contributed by atoms with Crippen molar-refractivity contribution in [3.8, 4) is 22.6 Å². The van der Waals surface area contributed by atoms with E-state index >= 15 is 0 Å². The van der Waals surface area contributed by atoms with Crippen molar-refractivity contribution in [1.82, 2.24) is 0 Å². The number of allylic oxidation sites excluding steroid dienone is 2. The van der Waals surface area contributed by atoms with Crippen LogP contribution in [0.4, 0.5) is 0 Å². The lowest BCUT2D eigenvalue weighted by molar-refractivity contribution is 0.178. The van der Waals surface area contributed by atoms with Gasteiger partial charge in [-0.1, -0.05) is 84.9 Å². The highest BCUT2D eigenvalue weighted by Crippen LogP contribution is 2.56. The van der Waals surface area contributed by atoms with Crippen LogP contribution in [0.2, 0.25) is 0 Å². The minimum absolute atomic E-state index is 0.464. The quantitative estimate of drug-likeness (QED) is 0.124. The van der Waals surface area contributed by atoms with E-state index in [0.717, 1.165) is 11.5 Å². The van der Waals surface area contributed by atoms with Gasteiger partial charge in [0.05, 0.1) is 17.9 Å². The van der Waals surface area contributed by atoms with Crippen molar-refractivity contribution in [2.45, 2.75) is 19.3 Å². The summed E-state index contributed by atoms with van der Waals surface area (Å²) in [4.78, 5) is 0. The molecular formula is C35H34O4. The maximum Gasteiger partial charge on any atom is 0.122 e. The molecule has 0 heterocycles. The third-order valence-corrected chi connectivity index (χ3v) is 6.93. The predicted octanol–water partition coefficient (Wildman–Crippen LogP) is 7.91. The lowest BCUT2D eigenvalue weighted by Crippen LogP contribution is -2.28. The fraction of sp³-hybridized carbons (Fsp3) is 0.200. The molecule has 1 aliphatic rings. The van der Waals surface area contributed by atoms with Gasteiger partial charge in [0.25, 0.3) is 0 Å². The summed E-state index contributed by atoms with van der Waals surface area (Å²) in [5, 5.41) is 0. The number of ether oxygens (including phenoxy) is 4. The topological polar surface area (TPSA) is 36.9 Å². The molecule has 0 bridgehead atoms. The van der Waals surface area contributed by atoms with E-state index in [1.54, 1.807) is 12.5 Å². The zero-order valence-corrected chi connectivity index (χ0v) is 22.5. The lowest BCUT2D eigenvalue weighted by Gasteiger charge is -2.34. The zero-order valence-electron chi connectivity index (χ0n) is 22.5. The van der Waals surface area contributed by atoms with E-state index < -0.39 is 5.41 Å². The summed E-state index contributed by atoms with van der Waals surface area (Å²) in [5.41, 5.74) is 6.97. The van der Waals surface area contributed by atoms with Gasteiger partial charge in [-0.25, -0.2) is 0 Å². The highest BCUT2D eigenvalue weighted by Gasteiger charge is 2.45. The van der Waals surface area contributed by atoms with Crippen LogP contribution in [-0.2, 0) is 14.9 Å². The number of rotatable bonds is 12. The minimum Gasteiger partial charge on any atom is -0.498 e. The molecule has 4 heteroatoms. The molecule has 0 aromatic heterocycles. The van der Waals surface area contributed by atoms with E-state index in [2.05, 4.69) is 97.1 Å². The van der Waals surface area contributed by atoms with Crippen molar-refractivity contribution in [1.29, 1.82) is 0 Å². The van der Waals surface area contributed by atoms with Gasteiger partial charge >= 0.3 is 0 Å². The molecule has 0 saturated heterocycles. The first-order valence-electron chi connectivity index (χ1n) is 13.4. The first kappa shape index (κ1) is 26.2. The van der Waals surface area contributed by atoms with Crippen molar-refractivity contribution in [3.63, 3.8) is 0 Å². The summed E-state index contributed by atoms with van der Waals surface area (Å²) >= 11 is 0. The molecule has 0 spiro atoms. The smallest absolute Gasteiger partial charge is 0.122 e. The monoisotopic (exact) mass is 518 g/mol. The molecule has 0 unspecified atom stereocenters. The second-order valence-electron chi connectivity index (χ2n) is 9.27. The highest BCUT2D eigenvalue weighted by molar-refractivity contribution is 5.86. The second kappa shape index (κ2) is 12.4.